The smallest absolute Gasteiger partial charge is 0.0547 e. The van der Waals surface area contributed by atoms with E-state index >= 15 is 0 Å². The minimum absolute atomic E-state index is 0.503. The predicted molar refractivity (Wildman–Crippen MR) is 83.4 cm³/mol. The van der Waals surface area contributed by atoms with Crippen molar-refractivity contribution < 1.29 is 0 Å². The van der Waals surface area contributed by atoms with Crippen molar-refractivity contribution in [3.63, 3.8) is 0 Å². The maximum absolute atomic E-state index is 4.75. The molecule has 1 aromatic heterocycles. The zero-order valence-electron chi connectivity index (χ0n) is 12.2. The Morgan fingerprint density at radius 3 is 2.89 bits per heavy atom. The van der Waals surface area contributed by atoms with Crippen LogP contribution in [0, 0.1) is 0 Å². The zero-order chi connectivity index (χ0) is 13.7. The Labute approximate surface area is 121 Å². The Bertz CT molecular complexity index is 389. The van der Waals surface area contributed by atoms with Gasteiger partial charge in [-0.15, -0.1) is 0 Å². The number of hydrogen-bond donors (Lipinski definition) is 1. The van der Waals surface area contributed by atoms with E-state index in [1.165, 1.54) is 23.6 Å². The molecule has 106 valence electrons. The van der Waals surface area contributed by atoms with E-state index in [9.17, 15) is 0 Å². The Morgan fingerprint density at radius 2 is 2.21 bits per heavy atom. The lowest BCUT2D eigenvalue weighted by Crippen LogP contribution is -2.31. The molecule has 0 saturated carbocycles. The number of nitrogens with zero attached hydrogens (tertiary/aromatic N) is 2. The standard InChI is InChI=1S/C15H25N3S/c1-12(2)16-9-13-5-4-6-14(17-13)10-18(3)15-7-8-19-11-15/h4-6,12,15-16H,7-11H2,1-3H3. The van der Waals surface area contributed by atoms with Crippen LogP contribution in [0.5, 0.6) is 0 Å². The predicted octanol–water partition coefficient (Wildman–Crippen LogP) is 2.52. The van der Waals surface area contributed by atoms with Gasteiger partial charge in [-0.3, -0.25) is 9.88 Å². The molecule has 0 bridgehead atoms. The van der Waals surface area contributed by atoms with Crippen molar-refractivity contribution in [2.45, 2.75) is 45.4 Å². The highest BCUT2D eigenvalue weighted by Crippen LogP contribution is 2.22. The van der Waals surface area contributed by atoms with E-state index in [1.54, 1.807) is 0 Å². The van der Waals surface area contributed by atoms with Crippen LogP contribution in [0.4, 0.5) is 0 Å². The van der Waals surface area contributed by atoms with E-state index < -0.39 is 0 Å². The van der Waals surface area contributed by atoms with Gasteiger partial charge in [0.25, 0.3) is 0 Å². The van der Waals surface area contributed by atoms with Crippen molar-refractivity contribution >= 4 is 11.8 Å². The average Bonchev–Trinajstić information content (AvgIpc) is 2.91. The SMILES string of the molecule is CC(C)NCc1cccc(CN(C)C2CCSC2)n1. The largest absolute Gasteiger partial charge is 0.309 e. The van der Waals surface area contributed by atoms with E-state index in [0.717, 1.165) is 24.8 Å². The minimum Gasteiger partial charge on any atom is -0.309 e. The normalized spacial score (nSPS) is 19.5. The quantitative estimate of drug-likeness (QED) is 0.866. The van der Waals surface area contributed by atoms with Crippen molar-refractivity contribution in [1.82, 2.24) is 15.2 Å². The second-order valence-electron chi connectivity index (χ2n) is 5.59. The summed E-state index contributed by atoms with van der Waals surface area (Å²) in [5, 5.41) is 3.42. The summed E-state index contributed by atoms with van der Waals surface area (Å²) in [7, 11) is 2.22. The molecular formula is C15H25N3S. The van der Waals surface area contributed by atoms with E-state index in [2.05, 4.69) is 61.1 Å². The van der Waals surface area contributed by atoms with Crippen LogP contribution in [0.2, 0.25) is 0 Å². The Morgan fingerprint density at radius 1 is 1.42 bits per heavy atom. The van der Waals surface area contributed by atoms with Gasteiger partial charge in [0, 0.05) is 30.9 Å². The summed E-state index contributed by atoms with van der Waals surface area (Å²) in [6.45, 7) is 6.14. The van der Waals surface area contributed by atoms with Crippen LogP contribution in [-0.4, -0.2) is 40.5 Å². The molecule has 3 nitrogen and oxygen atoms in total. The molecule has 1 aliphatic rings. The minimum atomic E-state index is 0.503. The first-order chi connectivity index (χ1) is 9.15. The molecule has 0 aromatic carbocycles. The van der Waals surface area contributed by atoms with Gasteiger partial charge >= 0.3 is 0 Å². The number of hydrogen-bond acceptors (Lipinski definition) is 4. The van der Waals surface area contributed by atoms with Gasteiger partial charge in [-0.05, 0) is 31.4 Å². The first-order valence-electron chi connectivity index (χ1n) is 7.11. The van der Waals surface area contributed by atoms with Gasteiger partial charge < -0.3 is 5.32 Å². The zero-order valence-corrected chi connectivity index (χ0v) is 13.0. The second-order valence-corrected chi connectivity index (χ2v) is 6.74. The highest BCUT2D eigenvalue weighted by atomic mass is 32.2. The van der Waals surface area contributed by atoms with Crippen LogP contribution in [0.15, 0.2) is 18.2 Å². The summed E-state index contributed by atoms with van der Waals surface area (Å²) < 4.78 is 0. The molecule has 4 heteroatoms. The molecule has 1 atom stereocenters. The molecule has 0 amide bonds. The van der Waals surface area contributed by atoms with Gasteiger partial charge in [0.2, 0.25) is 0 Å². The Balaban J connectivity index is 1.90. The molecule has 1 aromatic rings. The van der Waals surface area contributed by atoms with Gasteiger partial charge in [-0.2, -0.15) is 11.8 Å². The van der Waals surface area contributed by atoms with Crippen molar-refractivity contribution in [1.29, 1.82) is 0 Å². The van der Waals surface area contributed by atoms with Gasteiger partial charge in [-0.25, -0.2) is 0 Å². The Hall–Kier alpha value is -0.580. The fourth-order valence-corrected chi connectivity index (χ4v) is 3.58. The molecule has 0 aliphatic carbocycles. The fraction of sp³-hybridized carbons (Fsp3) is 0.667. The van der Waals surface area contributed by atoms with Gasteiger partial charge in [0.1, 0.15) is 0 Å². The lowest BCUT2D eigenvalue weighted by atomic mass is 10.2. The lowest BCUT2D eigenvalue weighted by molar-refractivity contribution is 0.251. The van der Waals surface area contributed by atoms with Crippen molar-refractivity contribution in [2.24, 2.45) is 0 Å². The van der Waals surface area contributed by atoms with Crippen LogP contribution in [0.3, 0.4) is 0 Å². The number of nitrogens with one attached hydrogen (secondary N) is 1. The van der Waals surface area contributed by atoms with Crippen molar-refractivity contribution in [2.75, 3.05) is 18.6 Å². The molecule has 19 heavy (non-hydrogen) atoms. The number of aromatic nitrogens is 1. The van der Waals surface area contributed by atoms with Crippen LogP contribution in [-0.2, 0) is 13.1 Å². The first-order valence-corrected chi connectivity index (χ1v) is 8.27. The summed E-state index contributed by atoms with van der Waals surface area (Å²) >= 11 is 2.06. The van der Waals surface area contributed by atoms with E-state index in [4.69, 9.17) is 4.98 Å². The van der Waals surface area contributed by atoms with Crippen LogP contribution < -0.4 is 5.32 Å². The summed E-state index contributed by atoms with van der Waals surface area (Å²) in [4.78, 5) is 7.19. The lowest BCUT2D eigenvalue weighted by Gasteiger charge is -2.23. The van der Waals surface area contributed by atoms with Crippen LogP contribution in [0.25, 0.3) is 0 Å². The fourth-order valence-electron chi connectivity index (χ4n) is 2.28. The monoisotopic (exact) mass is 279 g/mol. The van der Waals surface area contributed by atoms with Gasteiger partial charge in [0.15, 0.2) is 0 Å². The average molecular weight is 279 g/mol. The van der Waals surface area contributed by atoms with E-state index in [1.807, 2.05) is 0 Å². The van der Waals surface area contributed by atoms with Crippen LogP contribution >= 0.6 is 11.8 Å². The molecule has 0 spiro atoms. The topological polar surface area (TPSA) is 28.2 Å². The highest BCUT2D eigenvalue weighted by Gasteiger charge is 2.20. The summed E-state index contributed by atoms with van der Waals surface area (Å²) in [6, 6.07) is 7.59. The molecule has 1 aliphatic heterocycles. The van der Waals surface area contributed by atoms with Gasteiger partial charge in [0.05, 0.1) is 11.4 Å². The first kappa shape index (κ1) is 14.8. The van der Waals surface area contributed by atoms with Crippen molar-refractivity contribution in [3.8, 4) is 0 Å². The summed E-state index contributed by atoms with van der Waals surface area (Å²) in [5.41, 5.74) is 2.32. The van der Waals surface area contributed by atoms with E-state index in [-0.39, 0.29) is 0 Å². The summed E-state index contributed by atoms with van der Waals surface area (Å²) in [6.07, 6.45) is 1.32. The number of rotatable bonds is 6. The molecule has 2 heterocycles. The molecule has 2 rings (SSSR count). The molecule has 0 radical (unpaired) electrons. The second kappa shape index (κ2) is 7.27. The maximum Gasteiger partial charge on any atom is 0.0547 e. The number of thioether (sulfide) groups is 1. The third kappa shape index (κ3) is 4.79. The van der Waals surface area contributed by atoms with E-state index in [0.29, 0.717) is 6.04 Å². The third-order valence-corrected chi connectivity index (χ3v) is 4.64. The molecule has 1 saturated heterocycles. The molecule has 1 N–H and O–H groups in total. The number of pyridine rings is 1. The molecule has 1 fully saturated rings. The maximum atomic E-state index is 4.75. The molecule has 1 unspecified atom stereocenters. The van der Waals surface area contributed by atoms with Crippen LogP contribution in [0.1, 0.15) is 31.7 Å². The highest BCUT2D eigenvalue weighted by molar-refractivity contribution is 7.99. The third-order valence-electron chi connectivity index (χ3n) is 3.50. The Kier molecular flexibility index (Phi) is 5.67. The van der Waals surface area contributed by atoms with Gasteiger partial charge in [-0.1, -0.05) is 19.9 Å². The molecular weight excluding hydrogens is 254 g/mol. The van der Waals surface area contributed by atoms with Crippen molar-refractivity contribution in [3.05, 3.63) is 29.6 Å². The summed E-state index contributed by atoms with van der Waals surface area (Å²) in [5.74, 6) is 2.58.